The summed E-state index contributed by atoms with van der Waals surface area (Å²) in [5.74, 6) is 0.436. The van der Waals surface area contributed by atoms with Crippen LogP contribution >= 0.6 is 0 Å². The first-order valence-corrected chi connectivity index (χ1v) is 8.37. The van der Waals surface area contributed by atoms with Crippen LogP contribution in [0.1, 0.15) is 19.4 Å². The lowest BCUT2D eigenvalue weighted by Gasteiger charge is -2.25. The van der Waals surface area contributed by atoms with Crippen LogP contribution in [0.25, 0.3) is 0 Å². The SMILES string of the molecule is CCOC(=O)C1=C(CN(C)Cc2ccc(OCC)cc2)NC(=O)NC1. The number of hydrogen-bond acceptors (Lipinski definition) is 5. The van der Waals surface area contributed by atoms with Crippen molar-refractivity contribution in [2.45, 2.75) is 20.4 Å². The van der Waals surface area contributed by atoms with Crippen LogP contribution in [-0.2, 0) is 16.1 Å². The van der Waals surface area contributed by atoms with Crippen molar-refractivity contribution < 1.29 is 19.1 Å². The van der Waals surface area contributed by atoms with E-state index in [-0.39, 0.29) is 12.6 Å². The maximum atomic E-state index is 12.1. The molecule has 0 aromatic heterocycles. The third-order valence-electron chi connectivity index (χ3n) is 3.69. The largest absolute Gasteiger partial charge is 0.494 e. The molecule has 1 aromatic carbocycles. The van der Waals surface area contributed by atoms with Gasteiger partial charge in [0.05, 0.1) is 25.3 Å². The highest BCUT2D eigenvalue weighted by Gasteiger charge is 2.24. The van der Waals surface area contributed by atoms with Crippen molar-refractivity contribution in [1.29, 1.82) is 0 Å². The van der Waals surface area contributed by atoms with Crippen molar-refractivity contribution in [1.82, 2.24) is 15.5 Å². The summed E-state index contributed by atoms with van der Waals surface area (Å²) in [5, 5.41) is 5.32. The maximum Gasteiger partial charge on any atom is 0.337 e. The van der Waals surface area contributed by atoms with Gasteiger partial charge in [-0.2, -0.15) is 0 Å². The minimum absolute atomic E-state index is 0.177. The van der Waals surface area contributed by atoms with E-state index in [1.807, 2.05) is 43.1 Å². The molecule has 25 heavy (non-hydrogen) atoms. The number of carbonyl (C=O) groups excluding carboxylic acids is 2. The van der Waals surface area contributed by atoms with Crippen LogP contribution in [0.2, 0.25) is 0 Å². The van der Waals surface area contributed by atoms with Crippen molar-refractivity contribution in [2.75, 3.05) is 33.4 Å². The van der Waals surface area contributed by atoms with Crippen LogP contribution in [-0.4, -0.2) is 50.3 Å². The normalized spacial score (nSPS) is 14.2. The number of ether oxygens (including phenoxy) is 2. The Labute approximate surface area is 148 Å². The molecule has 0 atom stereocenters. The molecule has 136 valence electrons. The van der Waals surface area contributed by atoms with Crippen molar-refractivity contribution in [3.8, 4) is 5.75 Å². The predicted molar refractivity (Wildman–Crippen MR) is 94.1 cm³/mol. The van der Waals surface area contributed by atoms with Gasteiger partial charge in [-0.05, 0) is 38.6 Å². The number of urea groups is 1. The lowest BCUT2D eigenvalue weighted by molar-refractivity contribution is -0.138. The number of esters is 1. The first-order chi connectivity index (χ1) is 12.0. The average molecular weight is 347 g/mol. The summed E-state index contributed by atoms with van der Waals surface area (Å²) in [6.45, 7) is 5.93. The minimum Gasteiger partial charge on any atom is -0.494 e. The van der Waals surface area contributed by atoms with E-state index in [4.69, 9.17) is 9.47 Å². The third-order valence-corrected chi connectivity index (χ3v) is 3.69. The molecular weight excluding hydrogens is 322 g/mol. The average Bonchev–Trinajstić information content (AvgIpc) is 2.57. The summed E-state index contributed by atoms with van der Waals surface area (Å²) in [5.41, 5.74) is 2.15. The molecule has 0 bridgehead atoms. The van der Waals surface area contributed by atoms with Gasteiger partial charge in [-0.15, -0.1) is 0 Å². The standard InChI is InChI=1S/C18H25N3O4/c1-4-24-14-8-6-13(7-9-14)11-21(3)12-16-15(17(22)25-5-2)10-19-18(23)20-16/h6-9H,4-5,10-12H2,1-3H3,(H2,19,20,23). The second-order valence-electron chi connectivity index (χ2n) is 5.73. The van der Waals surface area contributed by atoms with Gasteiger partial charge in [0.1, 0.15) is 5.75 Å². The van der Waals surface area contributed by atoms with Gasteiger partial charge in [-0.3, -0.25) is 4.90 Å². The van der Waals surface area contributed by atoms with Gasteiger partial charge in [0.25, 0.3) is 0 Å². The van der Waals surface area contributed by atoms with E-state index < -0.39 is 5.97 Å². The molecule has 7 heteroatoms. The van der Waals surface area contributed by atoms with Crippen LogP contribution in [0.15, 0.2) is 35.5 Å². The number of benzene rings is 1. The number of hydrogen-bond donors (Lipinski definition) is 2. The first-order valence-electron chi connectivity index (χ1n) is 8.37. The Morgan fingerprint density at radius 3 is 2.52 bits per heavy atom. The highest BCUT2D eigenvalue weighted by atomic mass is 16.5. The van der Waals surface area contributed by atoms with E-state index in [1.165, 1.54) is 0 Å². The van der Waals surface area contributed by atoms with Gasteiger partial charge in [0.15, 0.2) is 0 Å². The Kier molecular flexibility index (Phi) is 6.82. The number of nitrogens with one attached hydrogen (secondary N) is 2. The summed E-state index contributed by atoms with van der Waals surface area (Å²) < 4.78 is 10.5. The van der Waals surface area contributed by atoms with Crippen LogP contribution < -0.4 is 15.4 Å². The molecule has 0 aliphatic carbocycles. The molecule has 0 unspecified atom stereocenters. The first kappa shape index (κ1) is 18.8. The molecule has 2 N–H and O–H groups in total. The number of amides is 2. The van der Waals surface area contributed by atoms with E-state index in [0.717, 1.165) is 11.3 Å². The molecule has 1 aromatic rings. The van der Waals surface area contributed by atoms with Crippen LogP contribution in [0.4, 0.5) is 4.79 Å². The van der Waals surface area contributed by atoms with E-state index in [2.05, 4.69) is 10.6 Å². The number of rotatable bonds is 8. The van der Waals surface area contributed by atoms with Gasteiger partial charge in [-0.1, -0.05) is 12.1 Å². The molecule has 1 aliphatic rings. The summed E-state index contributed by atoms with van der Waals surface area (Å²) in [6.07, 6.45) is 0. The molecule has 0 saturated heterocycles. The summed E-state index contributed by atoms with van der Waals surface area (Å²) >= 11 is 0. The molecule has 1 heterocycles. The van der Waals surface area contributed by atoms with Crippen molar-refractivity contribution in [3.63, 3.8) is 0 Å². The zero-order valence-electron chi connectivity index (χ0n) is 14.9. The zero-order valence-corrected chi connectivity index (χ0v) is 14.9. The van der Waals surface area contributed by atoms with Crippen molar-refractivity contribution in [3.05, 3.63) is 41.1 Å². The Hall–Kier alpha value is -2.54. The molecule has 0 radical (unpaired) electrons. The van der Waals surface area contributed by atoms with Crippen molar-refractivity contribution >= 4 is 12.0 Å². The number of carbonyl (C=O) groups is 2. The Morgan fingerprint density at radius 1 is 1.16 bits per heavy atom. The maximum absolute atomic E-state index is 12.1. The minimum atomic E-state index is -0.403. The topological polar surface area (TPSA) is 79.9 Å². The summed E-state index contributed by atoms with van der Waals surface area (Å²) in [4.78, 5) is 25.7. The molecule has 1 aliphatic heterocycles. The smallest absolute Gasteiger partial charge is 0.337 e. The molecular formula is C18H25N3O4. The van der Waals surface area contributed by atoms with E-state index in [0.29, 0.717) is 37.6 Å². The zero-order chi connectivity index (χ0) is 18.2. The summed E-state index contributed by atoms with van der Waals surface area (Å²) in [7, 11) is 1.93. The molecule has 0 fully saturated rings. The molecule has 2 rings (SSSR count). The fourth-order valence-corrected chi connectivity index (χ4v) is 2.58. The van der Waals surface area contributed by atoms with Gasteiger partial charge in [0, 0.05) is 18.8 Å². The summed E-state index contributed by atoms with van der Waals surface area (Å²) in [6, 6.07) is 7.56. The fraction of sp³-hybridized carbons (Fsp3) is 0.444. The highest BCUT2D eigenvalue weighted by Crippen LogP contribution is 2.15. The lowest BCUT2D eigenvalue weighted by atomic mass is 10.1. The molecule has 0 spiro atoms. The third kappa shape index (κ3) is 5.49. The van der Waals surface area contributed by atoms with Gasteiger partial charge < -0.3 is 20.1 Å². The van der Waals surface area contributed by atoms with Crippen LogP contribution in [0, 0.1) is 0 Å². The van der Waals surface area contributed by atoms with E-state index in [1.54, 1.807) is 6.92 Å². The molecule has 2 amide bonds. The second-order valence-corrected chi connectivity index (χ2v) is 5.73. The monoisotopic (exact) mass is 347 g/mol. The number of likely N-dealkylation sites (N-methyl/N-ethyl adjacent to an activating group) is 1. The Morgan fingerprint density at radius 2 is 1.88 bits per heavy atom. The van der Waals surface area contributed by atoms with Crippen LogP contribution in [0.3, 0.4) is 0 Å². The van der Waals surface area contributed by atoms with E-state index in [9.17, 15) is 9.59 Å². The lowest BCUT2D eigenvalue weighted by Crippen LogP contribution is -2.46. The number of nitrogens with zero attached hydrogens (tertiary/aromatic N) is 1. The Balaban J connectivity index is 2.03. The molecule has 0 saturated carbocycles. The molecule has 7 nitrogen and oxygen atoms in total. The van der Waals surface area contributed by atoms with Gasteiger partial charge in [0.2, 0.25) is 0 Å². The predicted octanol–water partition coefficient (Wildman–Crippen LogP) is 1.65. The highest BCUT2D eigenvalue weighted by molar-refractivity contribution is 5.93. The van der Waals surface area contributed by atoms with Gasteiger partial charge in [-0.25, -0.2) is 9.59 Å². The van der Waals surface area contributed by atoms with Crippen molar-refractivity contribution in [2.24, 2.45) is 0 Å². The van der Waals surface area contributed by atoms with E-state index >= 15 is 0 Å². The van der Waals surface area contributed by atoms with Gasteiger partial charge >= 0.3 is 12.0 Å². The van der Waals surface area contributed by atoms with Crippen LogP contribution in [0.5, 0.6) is 5.75 Å². The quantitative estimate of drug-likeness (QED) is 0.699. The fourth-order valence-electron chi connectivity index (χ4n) is 2.58. The second kappa shape index (κ2) is 9.08. The Bertz CT molecular complexity index is 640.